The van der Waals surface area contributed by atoms with E-state index in [-0.39, 0.29) is 13.3 Å². The summed E-state index contributed by atoms with van der Waals surface area (Å²) in [6, 6.07) is 0.334. The van der Waals surface area contributed by atoms with Crippen molar-refractivity contribution in [1.82, 2.24) is 10.2 Å². The summed E-state index contributed by atoms with van der Waals surface area (Å²) in [7, 11) is 0. The minimum atomic E-state index is -0.378. The van der Waals surface area contributed by atoms with Crippen LogP contribution in [0.3, 0.4) is 0 Å². The Hall–Kier alpha value is -0.220. The zero-order chi connectivity index (χ0) is 9.52. The number of rotatable bonds is 5. The number of alkyl halides is 2. The standard InChI is InChI=1S/C9H18F2N2/c10-3-6-13(7-4-11)9-2-1-5-12-8-9/h9,12H,1-8H2. The molecule has 0 aliphatic carbocycles. The first kappa shape index (κ1) is 10.9. The van der Waals surface area contributed by atoms with Crippen LogP contribution in [0.15, 0.2) is 0 Å². The third-order valence-corrected chi connectivity index (χ3v) is 2.53. The van der Waals surface area contributed by atoms with Crippen molar-refractivity contribution in [2.45, 2.75) is 18.9 Å². The maximum Gasteiger partial charge on any atom is 0.102 e. The first-order valence-corrected chi connectivity index (χ1v) is 4.95. The van der Waals surface area contributed by atoms with Crippen LogP contribution in [0, 0.1) is 0 Å². The average Bonchev–Trinajstić information content (AvgIpc) is 2.19. The molecule has 0 radical (unpaired) electrons. The summed E-state index contributed by atoms with van der Waals surface area (Å²) >= 11 is 0. The molecule has 0 aromatic rings. The molecular weight excluding hydrogens is 174 g/mol. The van der Waals surface area contributed by atoms with Gasteiger partial charge in [-0.1, -0.05) is 0 Å². The van der Waals surface area contributed by atoms with Gasteiger partial charge in [0.15, 0.2) is 0 Å². The van der Waals surface area contributed by atoms with Gasteiger partial charge in [0, 0.05) is 25.7 Å². The van der Waals surface area contributed by atoms with Crippen molar-refractivity contribution in [3.8, 4) is 0 Å². The summed E-state index contributed by atoms with van der Waals surface area (Å²) in [5, 5.41) is 3.25. The van der Waals surface area contributed by atoms with E-state index in [0.29, 0.717) is 19.1 Å². The molecule has 1 unspecified atom stereocenters. The zero-order valence-corrected chi connectivity index (χ0v) is 7.94. The summed E-state index contributed by atoms with van der Waals surface area (Å²) in [6.45, 7) is 1.90. The van der Waals surface area contributed by atoms with Gasteiger partial charge in [-0.05, 0) is 19.4 Å². The number of nitrogens with zero attached hydrogens (tertiary/aromatic N) is 1. The minimum Gasteiger partial charge on any atom is -0.315 e. The molecule has 0 aromatic heterocycles. The molecule has 0 amide bonds. The van der Waals surface area contributed by atoms with Gasteiger partial charge in [0.05, 0.1) is 0 Å². The lowest BCUT2D eigenvalue weighted by atomic mass is 10.1. The van der Waals surface area contributed by atoms with Crippen LogP contribution in [-0.2, 0) is 0 Å². The van der Waals surface area contributed by atoms with E-state index in [2.05, 4.69) is 5.32 Å². The van der Waals surface area contributed by atoms with Crippen LogP contribution in [0.25, 0.3) is 0 Å². The lowest BCUT2D eigenvalue weighted by molar-refractivity contribution is 0.144. The van der Waals surface area contributed by atoms with Gasteiger partial charge in [0.1, 0.15) is 13.3 Å². The second-order valence-electron chi connectivity index (χ2n) is 3.41. The molecule has 1 saturated heterocycles. The molecule has 1 fully saturated rings. The molecule has 0 aromatic carbocycles. The van der Waals surface area contributed by atoms with Crippen molar-refractivity contribution in [3.63, 3.8) is 0 Å². The lowest BCUT2D eigenvalue weighted by Crippen LogP contribution is -2.47. The Morgan fingerprint density at radius 2 is 1.92 bits per heavy atom. The molecule has 2 nitrogen and oxygen atoms in total. The second kappa shape index (κ2) is 6.27. The molecule has 1 aliphatic rings. The van der Waals surface area contributed by atoms with E-state index in [9.17, 15) is 8.78 Å². The smallest absolute Gasteiger partial charge is 0.102 e. The van der Waals surface area contributed by atoms with Gasteiger partial charge in [-0.15, -0.1) is 0 Å². The average molecular weight is 192 g/mol. The summed E-state index contributed by atoms with van der Waals surface area (Å²) < 4.78 is 24.3. The third kappa shape index (κ3) is 3.56. The summed E-state index contributed by atoms with van der Waals surface area (Å²) in [5.74, 6) is 0. The van der Waals surface area contributed by atoms with Crippen molar-refractivity contribution in [3.05, 3.63) is 0 Å². The van der Waals surface area contributed by atoms with Crippen LogP contribution in [0.4, 0.5) is 8.78 Å². The molecule has 4 heteroatoms. The van der Waals surface area contributed by atoms with Gasteiger partial charge in [0.2, 0.25) is 0 Å². The molecule has 0 bridgehead atoms. The van der Waals surface area contributed by atoms with Crippen LogP contribution < -0.4 is 5.32 Å². The van der Waals surface area contributed by atoms with Gasteiger partial charge in [-0.3, -0.25) is 4.90 Å². The maximum absolute atomic E-state index is 12.1. The third-order valence-electron chi connectivity index (χ3n) is 2.53. The van der Waals surface area contributed by atoms with Crippen molar-refractivity contribution in [2.75, 3.05) is 39.5 Å². The number of hydrogen-bond donors (Lipinski definition) is 1. The normalized spacial score (nSPS) is 23.8. The van der Waals surface area contributed by atoms with Crippen molar-refractivity contribution in [2.24, 2.45) is 0 Å². The van der Waals surface area contributed by atoms with E-state index in [4.69, 9.17) is 0 Å². The number of halogens is 2. The fourth-order valence-electron chi connectivity index (χ4n) is 1.84. The minimum absolute atomic E-state index is 0.334. The fourth-order valence-corrected chi connectivity index (χ4v) is 1.84. The van der Waals surface area contributed by atoms with Gasteiger partial charge in [-0.2, -0.15) is 0 Å². The molecule has 13 heavy (non-hydrogen) atoms. The van der Waals surface area contributed by atoms with Gasteiger partial charge in [0.25, 0.3) is 0 Å². The van der Waals surface area contributed by atoms with Crippen molar-refractivity contribution in [1.29, 1.82) is 0 Å². The van der Waals surface area contributed by atoms with Crippen LogP contribution >= 0.6 is 0 Å². The molecule has 1 aliphatic heterocycles. The van der Waals surface area contributed by atoms with Crippen LogP contribution in [0.5, 0.6) is 0 Å². The highest BCUT2D eigenvalue weighted by Crippen LogP contribution is 2.09. The Kier molecular flexibility index (Phi) is 5.23. The van der Waals surface area contributed by atoms with Crippen molar-refractivity contribution >= 4 is 0 Å². The summed E-state index contributed by atoms with van der Waals surface area (Å²) in [6.07, 6.45) is 2.17. The number of nitrogens with one attached hydrogen (secondary N) is 1. The molecule has 1 rings (SSSR count). The predicted molar refractivity (Wildman–Crippen MR) is 49.4 cm³/mol. The van der Waals surface area contributed by atoms with E-state index >= 15 is 0 Å². The monoisotopic (exact) mass is 192 g/mol. The highest BCUT2D eigenvalue weighted by molar-refractivity contribution is 4.78. The van der Waals surface area contributed by atoms with Gasteiger partial charge >= 0.3 is 0 Å². The van der Waals surface area contributed by atoms with Gasteiger partial charge < -0.3 is 5.32 Å². The Balaban J connectivity index is 2.32. The largest absolute Gasteiger partial charge is 0.315 e. The van der Waals surface area contributed by atoms with Crippen LogP contribution in [0.2, 0.25) is 0 Å². The Labute approximate surface area is 78.3 Å². The number of hydrogen-bond acceptors (Lipinski definition) is 2. The maximum atomic E-state index is 12.1. The molecule has 1 heterocycles. The van der Waals surface area contributed by atoms with E-state index < -0.39 is 0 Å². The van der Waals surface area contributed by atoms with Crippen LogP contribution in [-0.4, -0.2) is 50.5 Å². The summed E-state index contributed by atoms with van der Waals surface area (Å²) in [5.41, 5.74) is 0. The Bertz CT molecular complexity index is 121. The SMILES string of the molecule is FCCN(CCF)C1CCCNC1. The van der Waals surface area contributed by atoms with Crippen LogP contribution in [0.1, 0.15) is 12.8 Å². The van der Waals surface area contributed by atoms with E-state index in [1.807, 2.05) is 4.90 Å². The van der Waals surface area contributed by atoms with Gasteiger partial charge in [-0.25, -0.2) is 8.78 Å². The first-order chi connectivity index (χ1) is 6.38. The highest BCUT2D eigenvalue weighted by atomic mass is 19.1. The van der Waals surface area contributed by atoms with E-state index in [1.165, 1.54) is 0 Å². The topological polar surface area (TPSA) is 15.3 Å². The Morgan fingerprint density at radius 3 is 2.38 bits per heavy atom. The molecule has 0 saturated carbocycles. The number of piperidine rings is 1. The Morgan fingerprint density at radius 1 is 1.23 bits per heavy atom. The first-order valence-electron chi connectivity index (χ1n) is 4.95. The highest BCUT2D eigenvalue weighted by Gasteiger charge is 2.19. The predicted octanol–water partition coefficient (Wildman–Crippen LogP) is 0.979. The fraction of sp³-hybridized carbons (Fsp3) is 1.00. The summed E-state index contributed by atoms with van der Waals surface area (Å²) in [4.78, 5) is 1.91. The molecular formula is C9H18F2N2. The second-order valence-corrected chi connectivity index (χ2v) is 3.41. The van der Waals surface area contributed by atoms with Crippen molar-refractivity contribution < 1.29 is 8.78 Å². The van der Waals surface area contributed by atoms with E-state index in [0.717, 1.165) is 25.9 Å². The van der Waals surface area contributed by atoms with E-state index in [1.54, 1.807) is 0 Å². The molecule has 78 valence electrons. The molecule has 0 spiro atoms. The quantitative estimate of drug-likeness (QED) is 0.698. The zero-order valence-electron chi connectivity index (χ0n) is 7.94. The molecule has 1 atom stereocenters. The lowest BCUT2D eigenvalue weighted by Gasteiger charge is -2.33. The molecule has 1 N–H and O–H groups in total.